The van der Waals surface area contributed by atoms with Gasteiger partial charge in [0.1, 0.15) is 0 Å². The highest BCUT2D eigenvalue weighted by Crippen LogP contribution is 2.18. The molecule has 0 radical (unpaired) electrons. The SMILES string of the molecule is CC/C(=N/Nc1nnc(SCC(=O)NC(C)c2ccccc2)n1N)c1ccccc1. The van der Waals surface area contributed by atoms with E-state index in [1.54, 1.807) is 0 Å². The molecule has 1 aromatic heterocycles. The fraction of sp³-hybridized carbons (Fsp3) is 0.238. The first kappa shape index (κ1) is 21.4. The molecule has 156 valence electrons. The Bertz CT molecular complexity index is 989. The van der Waals surface area contributed by atoms with Gasteiger partial charge >= 0.3 is 0 Å². The predicted octanol–water partition coefficient (Wildman–Crippen LogP) is 3.19. The van der Waals surface area contributed by atoms with Gasteiger partial charge < -0.3 is 11.2 Å². The van der Waals surface area contributed by atoms with E-state index in [0.717, 1.165) is 23.3 Å². The Morgan fingerprint density at radius 3 is 2.47 bits per heavy atom. The number of anilines is 1. The number of hydrogen-bond acceptors (Lipinski definition) is 7. The maximum atomic E-state index is 12.3. The number of carbonyl (C=O) groups excluding carboxylic acids is 1. The molecule has 30 heavy (non-hydrogen) atoms. The lowest BCUT2D eigenvalue weighted by molar-refractivity contribution is -0.119. The largest absolute Gasteiger partial charge is 0.349 e. The Hall–Kier alpha value is -3.33. The second-order valence-corrected chi connectivity index (χ2v) is 7.50. The monoisotopic (exact) mass is 423 g/mol. The summed E-state index contributed by atoms with van der Waals surface area (Å²) in [5, 5.41) is 15.8. The van der Waals surface area contributed by atoms with Crippen LogP contribution in [0.3, 0.4) is 0 Å². The molecule has 8 nitrogen and oxygen atoms in total. The van der Waals surface area contributed by atoms with Crippen LogP contribution in [0.4, 0.5) is 5.95 Å². The molecule has 0 aliphatic heterocycles. The lowest BCUT2D eigenvalue weighted by Crippen LogP contribution is -2.28. The van der Waals surface area contributed by atoms with Crippen molar-refractivity contribution in [3.8, 4) is 0 Å². The lowest BCUT2D eigenvalue weighted by Gasteiger charge is -2.13. The van der Waals surface area contributed by atoms with Gasteiger partial charge in [-0.2, -0.15) is 5.10 Å². The summed E-state index contributed by atoms with van der Waals surface area (Å²) in [6.07, 6.45) is 0.747. The van der Waals surface area contributed by atoms with Crippen molar-refractivity contribution in [3.05, 3.63) is 71.8 Å². The quantitative estimate of drug-likeness (QED) is 0.211. The summed E-state index contributed by atoms with van der Waals surface area (Å²) in [7, 11) is 0. The van der Waals surface area contributed by atoms with Crippen LogP contribution in [0, 0.1) is 0 Å². The van der Waals surface area contributed by atoms with E-state index in [1.165, 1.54) is 16.4 Å². The fourth-order valence-corrected chi connectivity index (χ4v) is 3.45. The molecule has 1 amide bonds. The van der Waals surface area contributed by atoms with Crippen LogP contribution in [-0.4, -0.2) is 32.2 Å². The molecule has 0 bridgehead atoms. The van der Waals surface area contributed by atoms with E-state index in [2.05, 4.69) is 26.0 Å². The first-order valence-electron chi connectivity index (χ1n) is 9.64. The first-order chi connectivity index (χ1) is 14.6. The Morgan fingerprint density at radius 2 is 1.80 bits per heavy atom. The number of rotatable bonds is 9. The Balaban J connectivity index is 1.56. The van der Waals surface area contributed by atoms with Crippen LogP contribution in [-0.2, 0) is 4.79 Å². The van der Waals surface area contributed by atoms with Gasteiger partial charge in [0.25, 0.3) is 5.95 Å². The lowest BCUT2D eigenvalue weighted by atomic mass is 10.1. The number of nitrogens with one attached hydrogen (secondary N) is 2. The van der Waals surface area contributed by atoms with Crippen LogP contribution in [0.15, 0.2) is 70.9 Å². The summed E-state index contributed by atoms with van der Waals surface area (Å²) in [5.41, 5.74) is 5.81. The number of hydrogen-bond donors (Lipinski definition) is 3. The van der Waals surface area contributed by atoms with Crippen molar-refractivity contribution < 1.29 is 4.79 Å². The molecule has 0 aliphatic rings. The van der Waals surface area contributed by atoms with Gasteiger partial charge in [-0.1, -0.05) is 79.3 Å². The minimum absolute atomic E-state index is 0.0768. The van der Waals surface area contributed by atoms with Gasteiger partial charge in [0.15, 0.2) is 0 Å². The molecule has 2 aromatic carbocycles. The van der Waals surface area contributed by atoms with Crippen molar-refractivity contribution in [2.75, 3.05) is 17.0 Å². The summed E-state index contributed by atoms with van der Waals surface area (Å²) in [6.45, 7) is 3.97. The number of amides is 1. The van der Waals surface area contributed by atoms with Crippen LogP contribution in [0.25, 0.3) is 0 Å². The summed E-state index contributed by atoms with van der Waals surface area (Å²) in [6, 6.07) is 19.6. The van der Waals surface area contributed by atoms with Crippen molar-refractivity contribution in [3.63, 3.8) is 0 Å². The summed E-state index contributed by atoms with van der Waals surface area (Å²) in [4.78, 5) is 12.3. The van der Waals surface area contributed by atoms with Crippen LogP contribution >= 0.6 is 11.8 Å². The molecular weight excluding hydrogens is 398 g/mol. The first-order valence-corrected chi connectivity index (χ1v) is 10.6. The molecule has 9 heteroatoms. The molecular formula is C21H25N7OS. The minimum Gasteiger partial charge on any atom is -0.349 e. The maximum Gasteiger partial charge on any atom is 0.264 e. The molecule has 0 spiro atoms. The molecule has 1 heterocycles. The number of benzene rings is 2. The van der Waals surface area contributed by atoms with Gasteiger partial charge in [0.05, 0.1) is 17.5 Å². The average molecular weight is 424 g/mol. The number of nitrogens with two attached hydrogens (primary N) is 1. The van der Waals surface area contributed by atoms with Crippen molar-refractivity contribution in [1.82, 2.24) is 20.2 Å². The van der Waals surface area contributed by atoms with Crippen molar-refractivity contribution >= 4 is 29.3 Å². The van der Waals surface area contributed by atoms with Crippen LogP contribution in [0.1, 0.15) is 37.4 Å². The third kappa shape index (κ3) is 5.60. The van der Waals surface area contributed by atoms with Crippen molar-refractivity contribution in [2.45, 2.75) is 31.5 Å². The van der Waals surface area contributed by atoms with Crippen LogP contribution in [0.5, 0.6) is 0 Å². The molecule has 0 saturated heterocycles. The van der Waals surface area contributed by atoms with Gasteiger partial charge in [0.2, 0.25) is 11.1 Å². The van der Waals surface area contributed by atoms with E-state index in [-0.39, 0.29) is 17.7 Å². The van der Waals surface area contributed by atoms with Crippen molar-refractivity contribution in [1.29, 1.82) is 0 Å². The smallest absolute Gasteiger partial charge is 0.264 e. The van der Waals surface area contributed by atoms with E-state index >= 15 is 0 Å². The van der Waals surface area contributed by atoms with E-state index in [0.29, 0.717) is 11.1 Å². The third-order valence-electron chi connectivity index (χ3n) is 4.41. The Labute approximate surface area is 179 Å². The normalized spacial score (nSPS) is 12.4. The second-order valence-electron chi connectivity index (χ2n) is 6.55. The average Bonchev–Trinajstić information content (AvgIpc) is 3.13. The molecule has 1 unspecified atom stereocenters. The number of aromatic nitrogens is 3. The highest BCUT2D eigenvalue weighted by molar-refractivity contribution is 7.99. The van der Waals surface area contributed by atoms with E-state index in [9.17, 15) is 4.79 Å². The van der Waals surface area contributed by atoms with E-state index < -0.39 is 0 Å². The molecule has 4 N–H and O–H groups in total. The number of nitrogen functional groups attached to an aromatic ring is 1. The van der Waals surface area contributed by atoms with Gasteiger partial charge in [-0.15, -0.1) is 10.2 Å². The van der Waals surface area contributed by atoms with Crippen molar-refractivity contribution in [2.24, 2.45) is 5.10 Å². The molecule has 0 saturated carbocycles. The van der Waals surface area contributed by atoms with Gasteiger partial charge in [-0.05, 0) is 24.5 Å². The maximum absolute atomic E-state index is 12.3. The number of thioether (sulfide) groups is 1. The molecule has 3 aromatic rings. The predicted molar refractivity (Wildman–Crippen MR) is 121 cm³/mol. The zero-order valence-corrected chi connectivity index (χ0v) is 17.8. The van der Waals surface area contributed by atoms with Crippen LogP contribution < -0.4 is 16.6 Å². The summed E-state index contributed by atoms with van der Waals surface area (Å²) in [5.74, 6) is 6.43. The van der Waals surface area contributed by atoms with Gasteiger partial charge in [-0.25, -0.2) is 10.1 Å². The third-order valence-corrected chi connectivity index (χ3v) is 5.35. The van der Waals surface area contributed by atoms with Gasteiger partial charge in [0, 0.05) is 0 Å². The molecule has 3 rings (SSSR count). The van der Waals surface area contributed by atoms with Crippen LogP contribution in [0.2, 0.25) is 0 Å². The number of nitrogens with zero attached hydrogens (tertiary/aromatic N) is 4. The summed E-state index contributed by atoms with van der Waals surface area (Å²) < 4.78 is 1.29. The fourth-order valence-electron chi connectivity index (χ4n) is 2.79. The van der Waals surface area contributed by atoms with E-state index in [4.69, 9.17) is 5.84 Å². The standard InChI is InChI=1S/C21H25N7OS/c1-3-18(17-12-8-5-9-13-17)24-25-20-26-27-21(28(20)22)30-14-19(29)23-15(2)16-10-6-4-7-11-16/h4-13,15H,3,14,22H2,1-2H3,(H,23,29)(H,25,26)/b24-18-. The zero-order chi connectivity index (χ0) is 21.3. The Morgan fingerprint density at radius 1 is 1.13 bits per heavy atom. The molecule has 0 fully saturated rings. The Kier molecular flexibility index (Phi) is 7.45. The highest BCUT2D eigenvalue weighted by Gasteiger charge is 2.14. The molecule has 1 atom stereocenters. The van der Waals surface area contributed by atoms with Gasteiger partial charge in [-0.3, -0.25) is 4.79 Å². The number of carbonyl (C=O) groups is 1. The minimum atomic E-state index is -0.107. The highest BCUT2D eigenvalue weighted by atomic mass is 32.2. The topological polar surface area (TPSA) is 110 Å². The number of hydrazone groups is 1. The second kappa shape index (κ2) is 10.4. The molecule has 0 aliphatic carbocycles. The zero-order valence-electron chi connectivity index (χ0n) is 16.9. The summed E-state index contributed by atoms with van der Waals surface area (Å²) >= 11 is 1.21. The van der Waals surface area contributed by atoms with E-state index in [1.807, 2.05) is 74.5 Å².